The lowest BCUT2D eigenvalue weighted by Gasteiger charge is -2.01. The number of nitrogens with one attached hydrogen (secondary N) is 2. The maximum Gasteiger partial charge on any atom is 0.0535 e. The van der Waals surface area contributed by atoms with Gasteiger partial charge in [-0.05, 0) is 32.4 Å². The molecule has 0 aliphatic heterocycles. The minimum absolute atomic E-state index is 0.873. The van der Waals surface area contributed by atoms with Crippen molar-refractivity contribution in [2.75, 3.05) is 0 Å². The van der Waals surface area contributed by atoms with Crippen molar-refractivity contribution in [2.24, 2.45) is 0 Å². The monoisotopic (exact) mass is 235 g/mol. The molecule has 0 aliphatic rings. The smallest absolute Gasteiger partial charge is 0.0535 e. The molecule has 0 amide bonds. The van der Waals surface area contributed by atoms with E-state index in [1.165, 1.54) is 20.9 Å². The van der Waals surface area contributed by atoms with Crippen LogP contribution in [0.3, 0.4) is 0 Å². The van der Waals surface area contributed by atoms with Gasteiger partial charge in [-0.2, -0.15) is 5.10 Å². The molecular formula is C12H17N3S. The minimum atomic E-state index is 0.873. The van der Waals surface area contributed by atoms with Gasteiger partial charge in [0.1, 0.15) is 0 Å². The van der Waals surface area contributed by atoms with Crippen molar-refractivity contribution >= 4 is 11.3 Å². The first-order valence-corrected chi connectivity index (χ1v) is 6.24. The summed E-state index contributed by atoms with van der Waals surface area (Å²) in [5, 5.41) is 10.4. The Kier molecular flexibility index (Phi) is 3.41. The van der Waals surface area contributed by atoms with Crippen molar-refractivity contribution in [3.63, 3.8) is 0 Å². The number of hydrogen-bond donors (Lipinski definition) is 2. The van der Waals surface area contributed by atoms with E-state index in [1.807, 2.05) is 24.5 Å². The number of thiophene rings is 1. The van der Waals surface area contributed by atoms with Crippen molar-refractivity contribution < 1.29 is 0 Å². The predicted octanol–water partition coefficient (Wildman–Crippen LogP) is 2.69. The Hall–Kier alpha value is -1.13. The molecule has 3 nitrogen and oxygen atoms in total. The number of H-pyrrole nitrogens is 1. The van der Waals surface area contributed by atoms with Crippen LogP contribution in [0.4, 0.5) is 0 Å². The van der Waals surface area contributed by atoms with Crippen molar-refractivity contribution in [2.45, 2.75) is 33.9 Å². The van der Waals surface area contributed by atoms with Gasteiger partial charge in [0.05, 0.1) is 6.20 Å². The molecule has 4 heteroatoms. The van der Waals surface area contributed by atoms with Crippen LogP contribution in [0.15, 0.2) is 12.3 Å². The van der Waals surface area contributed by atoms with E-state index in [9.17, 15) is 0 Å². The molecule has 0 saturated carbocycles. The van der Waals surface area contributed by atoms with E-state index in [0.717, 1.165) is 18.8 Å². The van der Waals surface area contributed by atoms with Crippen LogP contribution in [-0.2, 0) is 13.1 Å². The molecule has 2 N–H and O–H groups in total. The topological polar surface area (TPSA) is 40.7 Å². The Morgan fingerprint density at radius 1 is 1.31 bits per heavy atom. The van der Waals surface area contributed by atoms with Crippen LogP contribution in [-0.4, -0.2) is 10.2 Å². The number of rotatable bonds is 4. The fourth-order valence-electron chi connectivity index (χ4n) is 1.61. The SMILES string of the molecule is Cc1cc(CNCc2cn[nH]c2C)sc1C. The van der Waals surface area contributed by atoms with Crippen molar-refractivity contribution in [3.05, 3.63) is 38.8 Å². The molecule has 0 radical (unpaired) electrons. The highest BCUT2D eigenvalue weighted by Crippen LogP contribution is 2.20. The zero-order chi connectivity index (χ0) is 11.5. The maximum atomic E-state index is 4.00. The van der Waals surface area contributed by atoms with E-state index in [1.54, 1.807) is 0 Å². The largest absolute Gasteiger partial charge is 0.308 e. The zero-order valence-electron chi connectivity index (χ0n) is 9.92. The molecular weight excluding hydrogens is 218 g/mol. The summed E-state index contributed by atoms with van der Waals surface area (Å²) in [7, 11) is 0. The fraction of sp³-hybridized carbons (Fsp3) is 0.417. The number of hydrogen-bond acceptors (Lipinski definition) is 3. The predicted molar refractivity (Wildman–Crippen MR) is 67.7 cm³/mol. The Balaban J connectivity index is 1.87. The lowest BCUT2D eigenvalue weighted by Crippen LogP contribution is -2.11. The average molecular weight is 235 g/mol. The van der Waals surface area contributed by atoms with Gasteiger partial charge in [-0.25, -0.2) is 0 Å². The molecule has 0 spiro atoms. The molecule has 2 heterocycles. The van der Waals surface area contributed by atoms with Gasteiger partial charge < -0.3 is 5.32 Å². The molecule has 16 heavy (non-hydrogen) atoms. The first-order valence-electron chi connectivity index (χ1n) is 5.42. The Labute approximate surface area is 99.9 Å². The number of aromatic amines is 1. The molecule has 0 bridgehead atoms. The third-order valence-corrected chi connectivity index (χ3v) is 3.92. The van der Waals surface area contributed by atoms with Crippen LogP contribution >= 0.6 is 11.3 Å². The summed E-state index contributed by atoms with van der Waals surface area (Å²) >= 11 is 1.87. The second-order valence-electron chi connectivity index (χ2n) is 4.08. The van der Waals surface area contributed by atoms with Crippen molar-refractivity contribution in [1.82, 2.24) is 15.5 Å². The summed E-state index contributed by atoms with van der Waals surface area (Å²) in [4.78, 5) is 2.81. The molecule has 0 saturated heterocycles. The third kappa shape index (κ3) is 2.51. The lowest BCUT2D eigenvalue weighted by molar-refractivity contribution is 0.698. The normalized spacial score (nSPS) is 10.9. The number of aromatic nitrogens is 2. The molecule has 0 aromatic carbocycles. The van der Waals surface area contributed by atoms with Gasteiger partial charge in [-0.1, -0.05) is 0 Å². The van der Waals surface area contributed by atoms with Crippen molar-refractivity contribution in [1.29, 1.82) is 0 Å². The van der Waals surface area contributed by atoms with Crippen LogP contribution in [0, 0.1) is 20.8 Å². The summed E-state index contributed by atoms with van der Waals surface area (Å²) in [6.07, 6.45) is 1.88. The zero-order valence-corrected chi connectivity index (χ0v) is 10.7. The van der Waals surface area contributed by atoms with E-state index < -0.39 is 0 Å². The van der Waals surface area contributed by atoms with Gasteiger partial charge in [-0.3, -0.25) is 5.10 Å². The lowest BCUT2D eigenvalue weighted by atomic mass is 10.2. The minimum Gasteiger partial charge on any atom is -0.308 e. The second-order valence-corrected chi connectivity index (χ2v) is 5.42. The van der Waals surface area contributed by atoms with Gasteiger partial charge in [-0.15, -0.1) is 11.3 Å². The summed E-state index contributed by atoms with van der Waals surface area (Å²) in [5.74, 6) is 0. The maximum absolute atomic E-state index is 4.00. The first-order chi connectivity index (χ1) is 7.66. The first kappa shape index (κ1) is 11.4. The molecule has 2 aromatic heterocycles. The van der Waals surface area contributed by atoms with Crippen LogP contribution in [0.1, 0.15) is 26.6 Å². The van der Waals surface area contributed by atoms with E-state index in [-0.39, 0.29) is 0 Å². The van der Waals surface area contributed by atoms with Crippen LogP contribution in [0.2, 0.25) is 0 Å². The highest BCUT2D eigenvalue weighted by Gasteiger charge is 2.02. The summed E-state index contributed by atoms with van der Waals surface area (Å²) < 4.78 is 0. The van der Waals surface area contributed by atoms with Gasteiger partial charge in [0, 0.05) is 34.1 Å². The van der Waals surface area contributed by atoms with Crippen LogP contribution in [0.25, 0.3) is 0 Å². The average Bonchev–Trinajstić information content (AvgIpc) is 2.76. The van der Waals surface area contributed by atoms with Gasteiger partial charge in [0.25, 0.3) is 0 Å². The van der Waals surface area contributed by atoms with Crippen molar-refractivity contribution in [3.8, 4) is 0 Å². The van der Waals surface area contributed by atoms with E-state index in [4.69, 9.17) is 0 Å². The second kappa shape index (κ2) is 4.80. The molecule has 2 rings (SSSR count). The Morgan fingerprint density at radius 2 is 2.12 bits per heavy atom. The fourth-order valence-corrected chi connectivity index (χ4v) is 2.63. The van der Waals surface area contributed by atoms with Gasteiger partial charge in [0.2, 0.25) is 0 Å². The van der Waals surface area contributed by atoms with E-state index in [2.05, 4.69) is 35.4 Å². The third-order valence-electron chi connectivity index (χ3n) is 2.77. The molecule has 0 fully saturated rings. The summed E-state index contributed by atoms with van der Waals surface area (Å²) in [6.45, 7) is 8.19. The van der Waals surface area contributed by atoms with Crippen LogP contribution in [0.5, 0.6) is 0 Å². The standard InChI is InChI=1S/C12H17N3S/c1-8-4-12(16-10(8)3)7-13-5-11-6-14-15-9(11)2/h4,6,13H,5,7H2,1-3H3,(H,14,15). The molecule has 0 atom stereocenters. The quantitative estimate of drug-likeness (QED) is 0.855. The summed E-state index contributed by atoms with van der Waals surface area (Å²) in [6, 6.07) is 2.26. The number of nitrogens with zero attached hydrogens (tertiary/aromatic N) is 1. The molecule has 86 valence electrons. The van der Waals surface area contributed by atoms with Crippen LogP contribution < -0.4 is 5.32 Å². The highest BCUT2D eigenvalue weighted by molar-refractivity contribution is 7.12. The Bertz CT molecular complexity index is 451. The molecule has 0 aliphatic carbocycles. The highest BCUT2D eigenvalue weighted by atomic mass is 32.1. The molecule has 0 unspecified atom stereocenters. The summed E-state index contributed by atoms with van der Waals surface area (Å²) in [5.41, 5.74) is 3.78. The Morgan fingerprint density at radius 3 is 2.69 bits per heavy atom. The molecule has 2 aromatic rings. The van der Waals surface area contributed by atoms with E-state index in [0.29, 0.717) is 0 Å². The van der Waals surface area contributed by atoms with Gasteiger partial charge in [0.15, 0.2) is 0 Å². The van der Waals surface area contributed by atoms with E-state index >= 15 is 0 Å². The number of aryl methyl sites for hydroxylation is 3. The van der Waals surface area contributed by atoms with Gasteiger partial charge >= 0.3 is 0 Å².